The van der Waals surface area contributed by atoms with Gasteiger partial charge in [0.15, 0.2) is 0 Å². The molecule has 21 heavy (non-hydrogen) atoms. The summed E-state index contributed by atoms with van der Waals surface area (Å²) in [4.78, 5) is 12.4. The molecule has 1 N–H and O–H groups in total. The maximum atomic E-state index is 11.9. The highest BCUT2D eigenvalue weighted by molar-refractivity contribution is 5.73. The summed E-state index contributed by atoms with van der Waals surface area (Å²) in [6.07, 6.45) is -4.48. The Morgan fingerprint density at radius 2 is 1.86 bits per heavy atom. The molecule has 1 aromatic rings. The van der Waals surface area contributed by atoms with E-state index in [1.54, 1.807) is 5.32 Å². The minimum Gasteiger partial charge on any atom is -0.435 e. The Labute approximate surface area is 117 Å². The van der Waals surface area contributed by atoms with Crippen molar-refractivity contribution in [2.45, 2.75) is 19.3 Å². The lowest BCUT2D eigenvalue weighted by Gasteiger charge is -2.19. The van der Waals surface area contributed by atoms with E-state index in [1.165, 1.54) is 31.3 Å². The highest BCUT2D eigenvalue weighted by atomic mass is 19.4. The molecule has 0 atom stereocenters. The lowest BCUT2D eigenvalue weighted by atomic mass is 10.2. The van der Waals surface area contributed by atoms with Gasteiger partial charge < -0.3 is 15.0 Å². The Morgan fingerprint density at radius 1 is 1.29 bits per heavy atom. The van der Waals surface area contributed by atoms with Gasteiger partial charge in [-0.1, -0.05) is 12.1 Å². The fraction of sp³-hybridized carbons (Fsp3) is 0.417. The van der Waals surface area contributed by atoms with Gasteiger partial charge in [0.25, 0.3) is 0 Å². The van der Waals surface area contributed by atoms with Gasteiger partial charge in [-0.15, -0.1) is 0 Å². The molecular weight excluding hydrogens is 299 g/mol. The normalized spacial score (nSPS) is 11.4. The number of carbonyl (C=O) groups excluding carboxylic acids is 1. The Hall–Kier alpha value is -2.06. The highest BCUT2D eigenvalue weighted by Gasteiger charge is 2.28. The van der Waals surface area contributed by atoms with Crippen LogP contribution in [0.3, 0.4) is 0 Å². The number of rotatable bonds is 5. The summed E-state index contributed by atoms with van der Waals surface area (Å²) in [6.45, 7) is -4.33. The van der Waals surface area contributed by atoms with Gasteiger partial charge in [-0.05, 0) is 17.7 Å². The van der Waals surface area contributed by atoms with Crippen LogP contribution in [0, 0.1) is 0 Å². The van der Waals surface area contributed by atoms with Crippen LogP contribution < -0.4 is 10.1 Å². The zero-order chi connectivity index (χ0) is 16.0. The topological polar surface area (TPSA) is 41.6 Å². The lowest BCUT2D eigenvalue weighted by Crippen LogP contribution is -2.41. The summed E-state index contributed by atoms with van der Waals surface area (Å²) in [7, 11) is 1.31. The molecule has 0 aliphatic carbocycles. The summed E-state index contributed by atoms with van der Waals surface area (Å²) >= 11 is 0. The van der Waals surface area contributed by atoms with Crippen molar-refractivity contribution in [2.24, 2.45) is 0 Å². The van der Waals surface area contributed by atoms with E-state index in [2.05, 4.69) is 4.74 Å². The van der Waals surface area contributed by atoms with Gasteiger partial charge in [-0.3, -0.25) is 0 Å². The van der Waals surface area contributed by atoms with Gasteiger partial charge in [0.2, 0.25) is 0 Å². The predicted octanol–water partition coefficient (Wildman–Crippen LogP) is 2.99. The van der Waals surface area contributed by atoms with E-state index < -0.39 is 25.4 Å². The number of ether oxygens (including phenoxy) is 1. The third-order valence-corrected chi connectivity index (χ3v) is 2.36. The molecule has 0 aliphatic heterocycles. The molecule has 0 aliphatic rings. The van der Waals surface area contributed by atoms with Crippen molar-refractivity contribution in [1.82, 2.24) is 10.2 Å². The van der Waals surface area contributed by atoms with Gasteiger partial charge in [0.1, 0.15) is 12.3 Å². The molecule has 0 radical (unpaired) electrons. The standard InChI is InChI=1S/C12H13F5N2O2/c1-19(11(20)18-7-12(15,16)17)6-8-2-4-9(5-3-8)21-10(13)14/h2-5,10H,6-7H2,1H3,(H,18,20). The van der Waals surface area contributed by atoms with Gasteiger partial charge in [0, 0.05) is 13.6 Å². The number of carbonyl (C=O) groups is 1. The zero-order valence-electron chi connectivity index (χ0n) is 11.0. The van der Waals surface area contributed by atoms with Crippen molar-refractivity contribution in [3.05, 3.63) is 29.8 Å². The first-order valence-electron chi connectivity index (χ1n) is 5.77. The van der Waals surface area contributed by atoms with Crippen LogP contribution in [0.15, 0.2) is 24.3 Å². The summed E-state index contributed by atoms with van der Waals surface area (Å²) in [5.74, 6) is -0.0436. The lowest BCUT2D eigenvalue weighted by molar-refractivity contribution is -0.123. The molecule has 0 unspecified atom stereocenters. The van der Waals surface area contributed by atoms with Crippen LogP contribution in [0.25, 0.3) is 0 Å². The summed E-state index contributed by atoms with van der Waals surface area (Å²) in [5, 5.41) is 1.72. The van der Waals surface area contributed by atoms with E-state index in [9.17, 15) is 26.7 Å². The van der Waals surface area contributed by atoms with Crippen molar-refractivity contribution < 1.29 is 31.5 Å². The van der Waals surface area contributed by atoms with Gasteiger partial charge in [-0.25, -0.2) is 4.79 Å². The quantitative estimate of drug-likeness (QED) is 0.849. The Morgan fingerprint density at radius 3 is 2.33 bits per heavy atom. The molecule has 0 fully saturated rings. The van der Waals surface area contributed by atoms with Gasteiger partial charge in [0.05, 0.1) is 0 Å². The largest absolute Gasteiger partial charge is 0.435 e. The summed E-state index contributed by atoms with van der Waals surface area (Å²) in [6, 6.07) is 4.54. The molecular formula is C12H13F5N2O2. The molecule has 4 nitrogen and oxygen atoms in total. The number of urea groups is 1. The fourth-order valence-electron chi connectivity index (χ4n) is 1.43. The molecule has 1 aromatic carbocycles. The fourth-order valence-corrected chi connectivity index (χ4v) is 1.43. The highest BCUT2D eigenvalue weighted by Crippen LogP contribution is 2.16. The SMILES string of the molecule is CN(Cc1ccc(OC(F)F)cc1)C(=O)NCC(F)(F)F. The summed E-state index contributed by atoms with van der Waals surface area (Å²) in [5.41, 5.74) is 0.557. The minimum absolute atomic E-state index is 0.0264. The average Bonchev–Trinajstić information content (AvgIpc) is 2.36. The van der Waals surface area contributed by atoms with Crippen molar-refractivity contribution in [3.8, 4) is 5.75 Å². The van der Waals surface area contributed by atoms with E-state index in [1.807, 2.05) is 0 Å². The predicted molar refractivity (Wildman–Crippen MR) is 64.0 cm³/mol. The molecule has 9 heteroatoms. The minimum atomic E-state index is -4.48. The second-order valence-electron chi connectivity index (χ2n) is 4.15. The van der Waals surface area contributed by atoms with Crippen LogP contribution in [-0.2, 0) is 6.54 Å². The van der Waals surface area contributed by atoms with Crippen LogP contribution in [0.5, 0.6) is 5.75 Å². The van der Waals surface area contributed by atoms with Gasteiger partial charge >= 0.3 is 18.8 Å². The van der Waals surface area contributed by atoms with E-state index in [4.69, 9.17) is 0 Å². The number of amides is 2. The first-order chi connectivity index (χ1) is 9.67. The number of hydrogen-bond donors (Lipinski definition) is 1. The smallest absolute Gasteiger partial charge is 0.405 e. The van der Waals surface area contributed by atoms with Crippen LogP contribution in [0.1, 0.15) is 5.56 Å². The maximum Gasteiger partial charge on any atom is 0.405 e. The van der Waals surface area contributed by atoms with E-state index in [0.717, 1.165) is 4.90 Å². The third-order valence-electron chi connectivity index (χ3n) is 2.36. The molecule has 0 saturated carbocycles. The molecule has 0 aromatic heterocycles. The Balaban J connectivity index is 2.50. The number of nitrogens with zero attached hydrogens (tertiary/aromatic N) is 1. The van der Waals surface area contributed by atoms with E-state index in [0.29, 0.717) is 5.56 Å². The third kappa shape index (κ3) is 6.77. The Kier molecular flexibility index (Phi) is 5.74. The average molecular weight is 312 g/mol. The Bertz CT molecular complexity index is 462. The molecule has 118 valence electrons. The molecule has 0 bridgehead atoms. The van der Waals surface area contributed by atoms with Crippen LogP contribution in [-0.4, -0.2) is 37.3 Å². The molecule has 1 rings (SSSR count). The maximum absolute atomic E-state index is 11.9. The summed E-state index contributed by atoms with van der Waals surface area (Å²) < 4.78 is 63.9. The number of alkyl halides is 5. The van der Waals surface area contributed by atoms with E-state index in [-0.39, 0.29) is 12.3 Å². The molecule has 0 heterocycles. The van der Waals surface area contributed by atoms with Crippen molar-refractivity contribution >= 4 is 6.03 Å². The van der Waals surface area contributed by atoms with Gasteiger partial charge in [-0.2, -0.15) is 22.0 Å². The first-order valence-corrected chi connectivity index (χ1v) is 5.77. The number of halogens is 5. The second-order valence-corrected chi connectivity index (χ2v) is 4.15. The van der Waals surface area contributed by atoms with Crippen molar-refractivity contribution in [1.29, 1.82) is 0 Å². The first kappa shape index (κ1) is 17.0. The van der Waals surface area contributed by atoms with Crippen LogP contribution in [0.2, 0.25) is 0 Å². The zero-order valence-corrected chi connectivity index (χ0v) is 11.0. The number of benzene rings is 1. The molecule has 2 amide bonds. The molecule has 0 saturated heterocycles. The van der Waals surface area contributed by atoms with E-state index >= 15 is 0 Å². The number of nitrogens with one attached hydrogen (secondary N) is 1. The van der Waals surface area contributed by atoms with Crippen LogP contribution >= 0.6 is 0 Å². The monoisotopic (exact) mass is 312 g/mol. The van der Waals surface area contributed by atoms with Crippen LogP contribution in [0.4, 0.5) is 26.7 Å². The van der Waals surface area contributed by atoms with Crippen molar-refractivity contribution in [2.75, 3.05) is 13.6 Å². The second kappa shape index (κ2) is 7.09. The molecule has 0 spiro atoms. The van der Waals surface area contributed by atoms with Crippen molar-refractivity contribution in [3.63, 3.8) is 0 Å². The number of hydrogen-bond acceptors (Lipinski definition) is 2.